The van der Waals surface area contributed by atoms with Gasteiger partial charge in [-0.3, -0.25) is 4.79 Å². The number of carbonyl (C=O) groups is 1. The first-order valence-corrected chi connectivity index (χ1v) is 8.91. The number of amides is 1. The molecule has 0 atom stereocenters. The van der Waals surface area contributed by atoms with Gasteiger partial charge in [-0.15, -0.1) is 11.3 Å². The van der Waals surface area contributed by atoms with Gasteiger partial charge in [-0.05, 0) is 47.7 Å². The van der Waals surface area contributed by atoms with Gasteiger partial charge in [0.1, 0.15) is 11.6 Å². The van der Waals surface area contributed by atoms with E-state index in [4.69, 9.17) is 0 Å². The number of nitrogens with zero attached hydrogens (tertiary/aromatic N) is 2. The Bertz CT molecular complexity index is 924. The monoisotopic (exact) mass is 353 g/mol. The van der Waals surface area contributed by atoms with E-state index < -0.39 is 0 Å². The minimum absolute atomic E-state index is 0.0937. The second kappa shape index (κ2) is 6.64. The van der Waals surface area contributed by atoms with Crippen LogP contribution in [0.15, 0.2) is 54.0 Å². The molecule has 0 fully saturated rings. The number of nitrogens with one attached hydrogen (secondary N) is 1. The molecule has 0 radical (unpaired) electrons. The molecule has 1 N–H and O–H groups in total. The summed E-state index contributed by atoms with van der Waals surface area (Å²) >= 11 is 1.74. The second-order valence-corrected chi connectivity index (χ2v) is 6.85. The molecule has 0 unspecified atom stereocenters. The van der Waals surface area contributed by atoms with Crippen LogP contribution in [-0.2, 0) is 13.0 Å². The summed E-state index contributed by atoms with van der Waals surface area (Å²) in [6.07, 6.45) is 2.46. The van der Waals surface area contributed by atoms with Crippen molar-refractivity contribution in [3.63, 3.8) is 0 Å². The number of pyridine rings is 1. The van der Waals surface area contributed by atoms with Crippen LogP contribution in [0.1, 0.15) is 20.8 Å². The molecule has 0 bridgehead atoms. The fourth-order valence-corrected chi connectivity index (χ4v) is 3.85. The largest absolute Gasteiger partial charge is 0.337 e. The lowest BCUT2D eigenvalue weighted by atomic mass is 10.1. The zero-order valence-electron chi connectivity index (χ0n) is 13.4. The molecule has 1 aliphatic heterocycles. The smallest absolute Gasteiger partial charge is 0.257 e. The van der Waals surface area contributed by atoms with Crippen LogP contribution in [0.25, 0.3) is 0 Å². The van der Waals surface area contributed by atoms with Crippen molar-refractivity contribution >= 4 is 28.7 Å². The molecule has 0 spiro atoms. The maximum Gasteiger partial charge on any atom is 0.257 e. The van der Waals surface area contributed by atoms with E-state index in [1.54, 1.807) is 47.9 Å². The quantitative estimate of drug-likeness (QED) is 0.767. The molecule has 3 heterocycles. The van der Waals surface area contributed by atoms with Crippen molar-refractivity contribution in [3.8, 4) is 0 Å². The van der Waals surface area contributed by atoms with E-state index in [2.05, 4.69) is 21.7 Å². The van der Waals surface area contributed by atoms with Crippen molar-refractivity contribution in [2.75, 3.05) is 11.9 Å². The topological polar surface area (TPSA) is 45.2 Å². The predicted octanol–water partition coefficient (Wildman–Crippen LogP) is 4.22. The zero-order valence-corrected chi connectivity index (χ0v) is 14.2. The van der Waals surface area contributed by atoms with Crippen LogP contribution in [0.5, 0.6) is 0 Å². The maximum atomic E-state index is 13.9. The van der Waals surface area contributed by atoms with Crippen molar-refractivity contribution < 1.29 is 9.18 Å². The van der Waals surface area contributed by atoms with Crippen molar-refractivity contribution in [2.45, 2.75) is 13.0 Å². The number of anilines is 2. The van der Waals surface area contributed by atoms with Crippen LogP contribution in [0.3, 0.4) is 0 Å². The molecule has 0 aliphatic carbocycles. The van der Waals surface area contributed by atoms with E-state index in [0.29, 0.717) is 30.2 Å². The van der Waals surface area contributed by atoms with Crippen LogP contribution in [-0.4, -0.2) is 22.3 Å². The molecule has 126 valence electrons. The third kappa shape index (κ3) is 3.13. The highest BCUT2D eigenvalue weighted by atomic mass is 32.1. The Morgan fingerprint density at radius 1 is 1.20 bits per heavy atom. The highest BCUT2D eigenvalue weighted by molar-refractivity contribution is 7.10. The van der Waals surface area contributed by atoms with Gasteiger partial charge in [0.15, 0.2) is 0 Å². The number of hydrogen-bond donors (Lipinski definition) is 1. The predicted molar refractivity (Wildman–Crippen MR) is 96.7 cm³/mol. The molecule has 0 saturated heterocycles. The summed E-state index contributed by atoms with van der Waals surface area (Å²) in [6, 6.07) is 11.9. The first-order valence-electron chi connectivity index (χ1n) is 8.03. The number of halogens is 1. The molecule has 1 amide bonds. The van der Waals surface area contributed by atoms with Crippen LogP contribution >= 0.6 is 11.3 Å². The van der Waals surface area contributed by atoms with Gasteiger partial charge in [0.2, 0.25) is 0 Å². The van der Waals surface area contributed by atoms with Gasteiger partial charge in [-0.25, -0.2) is 9.37 Å². The standard InChI is InChI=1S/C19H16FN3OS/c20-15-5-1-2-6-16(15)22-18-14(4-3-9-21-18)19(24)23-10-7-17-13(12-23)8-11-25-17/h1-6,8-9,11H,7,10,12H2,(H,21,22). The van der Waals surface area contributed by atoms with Crippen molar-refractivity contribution in [3.05, 3.63) is 75.9 Å². The van der Waals surface area contributed by atoms with Gasteiger partial charge in [-0.1, -0.05) is 12.1 Å². The molecular formula is C19H16FN3OS. The SMILES string of the molecule is O=C(c1cccnc1Nc1ccccc1F)N1CCc2sccc2C1. The fourth-order valence-electron chi connectivity index (χ4n) is 2.96. The summed E-state index contributed by atoms with van der Waals surface area (Å²) in [5.41, 5.74) is 1.95. The van der Waals surface area contributed by atoms with E-state index in [0.717, 1.165) is 6.42 Å². The Morgan fingerprint density at radius 3 is 2.96 bits per heavy atom. The average molecular weight is 353 g/mol. The molecule has 4 nitrogen and oxygen atoms in total. The Morgan fingerprint density at radius 2 is 2.08 bits per heavy atom. The number of fused-ring (bicyclic) bond motifs is 1. The second-order valence-electron chi connectivity index (χ2n) is 5.85. The zero-order chi connectivity index (χ0) is 17.2. The minimum atomic E-state index is -0.382. The van der Waals surface area contributed by atoms with Crippen LogP contribution in [0, 0.1) is 5.82 Å². The summed E-state index contributed by atoms with van der Waals surface area (Å²) in [7, 11) is 0. The fraction of sp³-hybridized carbons (Fsp3) is 0.158. The lowest BCUT2D eigenvalue weighted by molar-refractivity contribution is 0.0736. The van der Waals surface area contributed by atoms with Gasteiger partial charge >= 0.3 is 0 Å². The molecule has 2 aromatic heterocycles. The molecule has 3 aromatic rings. The van der Waals surface area contributed by atoms with E-state index in [1.165, 1.54) is 16.5 Å². The molecule has 4 rings (SSSR count). The number of carbonyl (C=O) groups excluding carboxylic acids is 1. The van der Waals surface area contributed by atoms with Crippen LogP contribution in [0.4, 0.5) is 15.9 Å². The van der Waals surface area contributed by atoms with Gasteiger partial charge in [0.05, 0.1) is 11.3 Å². The van der Waals surface area contributed by atoms with Crippen LogP contribution in [0.2, 0.25) is 0 Å². The highest BCUT2D eigenvalue weighted by Gasteiger charge is 2.24. The normalized spacial score (nSPS) is 13.4. The summed E-state index contributed by atoms with van der Waals surface area (Å²) < 4.78 is 13.9. The number of hydrogen-bond acceptors (Lipinski definition) is 4. The Labute approximate surface area is 148 Å². The maximum absolute atomic E-state index is 13.9. The Kier molecular flexibility index (Phi) is 4.19. The number of aromatic nitrogens is 1. The van der Waals surface area contributed by atoms with E-state index in [1.807, 2.05) is 4.90 Å². The van der Waals surface area contributed by atoms with Gasteiger partial charge in [0, 0.05) is 24.2 Å². The van der Waals surface area contributed by atoms with Crippen molar-refractivity contribution in [1.82, 2.24) is 9.88 Å². The molecule has 0 saturated carbocycles. The number of thiophene rings is 1. The van der Waals surface area contributed by atoms with Crippen molar-refractivity contribution in [2.24, 2.45) is 0 Å². The number of benzene rings is 1. The summed E-state index contributed by atoms with van der Waals surface area (Å²) in [4.78, 5) is 20.4. The minimum Gasteiger partial charge on any atom is -0.337 e. The lowest BCUT2D eigenvalue weighted by Crippen LogP contribution is -2.35. The molecule has 1 aliphatic rings. The van der Waals surface area contributed by atoms with Gasteiger partial charge in [0.25, 0.3) is 5.91 Å². The van der Waals surface area contributed by atoms with Gasteiger partial charge < -0.3 is 10.2 Å². The molecular weight excluding hydrogens is 337 g/mol. The summed E-state index contributed by atoms with van der Waals surface area (Å²) in [5.74, 6) is -0.107. The van der Waals surface area contributed by atoms with Crippen molar-refractivity contribution in [1.29, 1.82) is 0 Å². The lowest BCUT2D eigenvalue weighted by Gasteiger charge is -2.27. The van der Waals surface area contributed by atoms with Crippen LogP contribution < -0.4 is 5.32 Å². The molecule has 1 aromatic carbocycles. The van der Waals surface area contributed by atoms with E-state index >= 15 is 0 Å². The third-order valence-corrected chi connectivity index (χ3v) is 5.28. The number of rotatable bonds is 3. The molecule has 25 heavy (non-hydrogen) atoms. The summed E-state index contributed by atoms with van der Waals surface area (Å²) in [6.45, 7) is 1.28. The Hall–Kier alpha value is -2.73. The third-order valence-electron chi connectivity index (χ3n) is 4.26. The van der Waals surface area contributed by atoms with E-state index in [9.17, 15) is 9.18 Å². The molecule has 6 heteroatoms. The first kappa shape index (κ1) is 15.8. The highest BCUT2D eigenvalue weighted by Crippen LogP contribution is 2.27. The first-order chi connectivity index (χ1) is 12.2. The summed E-state index contributed by atoms with van der Waals surface area (Å²) in [5, 5.41) is 5.01. The van der Waals surface area contributed by atoms with Gasteiger partial charge in [-0.2, -0.15) is 0 Å². The van der Waals surface area contributed by atoms with E-state index in [-0.39, 0.29) is 11.7 Å². The Balaban J connectivity index is 1.61. The number of para-hydroxylation sites is 1. The average Bonchev–Trinajstić information content (AvgIpc) is 3.11.